The van der Waals surface area contributed by atoms with Crippen molar-refractivity contribution in [2.45, 2.75) is 0 Å². The van der Waals surface area contributed by atoms with E-state index in [-0.39, 0.29) is 16.1 Å². The molecule has 0 unspecified atom stereocenters. The minimum absolute atomic E-state index is 0.105. The van der Waals surface area contributed by atoms with Crippen LogP contribution in [-0.4, -0.2) is 17.1 Å². The van der Waals surface area contributed by atoms with E-state index in [1.807, 2.05) is 0 Å². The van der Waals surface area contributed by atoms with Crippen molar-refractivity contribution in [1.82, 2.24) is 9.97 Å². The molecule has 2 rings (SSSR count). The summed E-state index contributed by atoms with van der Waals surface area (Å²) >= 11 is 17.8. The molecule has 0 bridgehead atoms. The van der Waals surface area contributed by atoms with Crippen LogP contribution in [0.3, 0.4) is 0 Å². The van der Waals surface area contributed by atoms with Crippen molar-refractivity contribution in [2.24, 2.45) is 0 Å². The van der Waals surface area contributed by atoms with Gasteiger partial charge in [0.1, 0.15) is 22.8 Å². The summed E-state index contributed by atoms with van der Waals surface area (Å²) in [5.74, 6) is 0.990. The SMILES string of the molecule is COc1cccc(Oc2c(Cl)ncnc2Cl)c1Cl. The lowest BCUT2D eigenvalue weighted by Crippen LogP contribution is -1.93. The molecular weight excluding hydrogens is 298 g/mol. The quantitative estimate of drug-likeness (QED) is 0.796. The number of halogens is 3. The largest absolute Gasteiger partial charge is 0.495 e. The van der Waals surface area contributed by atoms with Gasteiger partial charge in [0.05, 0.1) is 7.11 Å². The molecule has 1 aromatic heterocycles. The first kappa shape index (κ1) is 13.2. The van der Waals surface area contributed by atoms with Crippen molar-refractivity contribution in [3.63, 3.8) is 0 Å². The van der Waals surface area contributed by atoms with Crippen LogP contribution in [0.15, 0.2) is 24.5 Å². The van der Waals surface area contributed by atoms with Gasteiger partial charge in [-0.25, -0.2) is 9.97 Å². The number of hydrogen-bond acceptors (Lipinski definition) is 4. The van der Waals surface area contributed by atoms with Crippen LogP contribution >= 0.6 is 34.8 Å². The first-order chi connectivity index (χ1) is 8.63. The van der Waals surface area contributed by atoms with Crippen LogP contribution < -0.4 is 9.47 Å². The fraction of sp³-hybridized carbons (Fsp3) is 0.0909. The first-order valence-corrected chi connectivity index (χ1v) is 5.93. The lowest BCUT2D eigenvalue weighted by Gasteiger charge is -2.11. The van der Waals surface area contributed by atoms with Gasteiger partial charge in [-0.2, -0.15) is 0 Å². The topological polar surface area (TPSA) is 44.2 Å². The Balaban J connectivity index is 2.40. The van der Waals surface area contributed by atoms with Crippen LogP contribution in [0.2, 0.25) is 15.3 Å². The normalized spacial score (nSPS) is 10.2. The number of aromatic nitrogens is 2. The minimum Gasteiger partial charge on any atom is -0.495 e. The lowest BCUT2D eigenvalue weighted by atomic mass is 10.3. The van der Waals surface area contributed by atoms with Crippen molar-refractivity contribution in [3.05, 3.63) is 39.9 Å². The zero-order chi connectivity index (χ0) is 13.1. The Bertz CT molecular complexity index is 558. The maximum Gasteiger partial charge on any atom is 0.202 e. The third-order valence-corrected chi connectivity index (χ3v) is 2.99. The number of nitrogens with zero attached hydrogens (tertiary/aromatic N) is 2. The first-order valence-electron chi connectivity index (χ1n) is 4.80. The van der Waals surface area contributed by atoms with Crippen LogP contribution in [0.5, 0.6) is 17.2 Å². The van der Waals surface area contributed by atoms with Gasteiger partial charge >= 0.3 is 0 Å². The van der Waals surface area contributed by atoms with Crippen molar-refractivity contribution in [2.75, 3.05) is 7.11 Å². The number of benzene rings is 1. The second kappa shape index (κ2) is 5.61. The Labute approximate surface area is 118 Å². The third kappa shape index (κ3) is 2.61. The molecule has 2 aromatic rings. The number of methoxy groups -OCH3 is 1. The fourth-order valence-electron chi connectivity index (χ4n) is 1.25. The van der Waals surface area contributed by atoms with Gasteiger partial charge in [-0.3, -0.25) is 0 Å². The zero-order valence-corrected chi connectivity index (χ0v) is 11.4. The van der Waals surface area contributed by atoms with E-state index in [2.05, 4.69) is 9.97 Å². The fourth-order valence-corrected chi connectivity index (χ4v) is 1.89. The van der Waals surface area contributed by atoms with Gasteiger partial charge in [0.25, 0.3) is 0 Å². The monoisotopic (exact) mass is 304 g/mol. The Morgan fingerprint density at radius 3 is 2.22 bits per heavy atom. The Morgan fingerprint density at radius 1 is 1.00 bits per heavy atom. The van der Waals surface area contributed by atoms with Gasteiger partial charge in [-0.1, -0.05) is 40.9 Å². The van der Waals surface area contributed by atoms with E-state index in [1.54, 1.807) is 18.2 Å². The highest BCUT2D eigenvalue weighted by molar-refractivity contribution is 6.36. The van der Waals surface area contributed by atoms with E-state index in [0.717, 1.165) is 0 Å². The van der Waals surface area contributed by atoms with Crippen molar-refractivity contribution in [1.29, 1.82) is 0 Å². The molecule has 0 radical (unpaired) electrons. The average molecular weight is 306 g/mol. The van der Waals surface area contributed by atoms with E-state index >= 15 is 0 Å². The molecule has 4 nitrogen and oxygen atoms in total. The van der Waals surface area contributed by atoms with Crippen LogP contribution in [-0.2, 0) is 0 Å². The highest BCUT2D eigenvalue weighted by atomic mass is 35.5. The summed E-state index contributed by atoms with van der Waals surface area (Å²) in [6.45, 7) is 0. The molecule has 0 amide bonds. The van der Waals surface area contributed by atoms with Crippen LogP contribution in [0.25, 0.3) is 0 Å². The molecule has 0 aliphatic heterocycles. The summed E-state index contributed by atoms with van der Waals surface area (Å²) in [4.78, 5) is 7.56. The second-order valence-corrected chi connectivity index (χ2v) is 4.25. The number of rotatable bonds is 3. The summed E-state index contributed by atoms with van der Waals surface area (Å²) in [7, 11) is 1.51. The summed E-state index contributed by atoms with van der Waals surface area (Å²) < 4.78 is 10.6. The van der Waals surface area contributed by atoms with E-state index in [9.17, 15) is 0 Å². The van der Waals surface area contributed by atoms with Crippen molar-refractivity contribution in [3.8, 4) is 17.2 Å². The van der Waals surface area contributed by atoms with Crippen LogP contribution in [0.1, 0.15) is 0 Å². The molecule has 18 heavy (non-hydrogen) atoms. The molecule has 0 aliphatic carbocycles. The standard InChI is InChI=1S/C11H7Cl3N2O2/c1-17-6-3-2-4-7(8(6)12)18-9-10(13)15-5-16-11(9)14/h2-5H,1H3. The molecule has 0 saturated heterocycles. The summed E-state index contributed by atoms with van der Waals surface area (Å²) in [6.07, 6.45) is 1.24. The molecule has 0 N–H and O–H groups in total. The Hall–Kier alpha value is -1.23. The van der Waals surface area contributed by atoms with Gasteiger partial charge in [-0.15, -0.1) is 0 Å². The molecule has 0 aliphatic rings. The van der Waals surface area contributed by atoms with E-state index in [4.69, 9.17) is 44.3 Å². The zero-order valence-electron chi connectivity index (χ0n) is 9.15. The molecule has 7 heteroatoms. The molecule has 0 fully saturated rings. The molecular formula is C11H7Cl3N2O2. The van der Waals surface area contributed by atoms with Crippen molar-refractivity contribution < 1.29 is 9.47 Å². The lowest BCUT2D eigenvalue weighted by molar-refractivity contribution is 0.409. The van der Waals surface area contributed by atoms with E-state index in [1.165, 1.54) is 13.4 Å². The second-order valence-electron chi connectivity index (χ2n) is 3.16. The van der Waals surface area contributed by atoms with Gasteiger partial charge in [-0.05, 0) is 12.1 Å². The molecule has 1 heterocycles. The summed E-state index contributed by atoms with van der Waals surface area (Å²) in [5.41, 5.74) is 0. The smallest absolute Gasteiger partial charge is 0.202 e. The average Bonchev–Trinajstić information content (AvgIpc) is 2.36. The van der Waals surface area contributed by atoms with E-state index in [0.29, 0.717) is 16.5 Å². The molecule has 0 spiro atoms. The van der Waals surface area contributed by atoms with Gasteiger partial charge in [0.2, 0.25) is 5.75 Å². The summed E-state index contributed by atoms with van der Waals surface area (Å²) in [6, 6.07) is 5.09. The molecule has 0 saturated carbocycles. The highest BCUT2D eigenvalue weighted by Gasteiger charge is 2.14. The Kier molecular flexibility index (Phi) is 4.11. The third-order valence-electron chi connectivity index (χ3n) is 2.08. The van der Waals surface area contributed by atoms with Crippen LogP contribution in [0, 0.1) is 0 Å². The Morgan fingerprint density at radius 2 is 1.61 bits per heavy atom. The molecule has 0 atom stereocenters. The van der Waals surface area contributed by atoms with E-state index < -0.39 is 0 Å². The number of hydrogen-bond donors (Lipinski definition) is 0. The maximum atomic E-state index is 6.09. The predicted molar refractivity (Wildman–Crippen MR) is 70.1 cm³/mol. The van der Waals surface area contributed by atoms with Gasteiger partial charge in [0, 0.05) is 0 Å². The minimum atomic E-state index is 0.105. The van der Waals surface area contributed by atoms with Gasteiger partial charge < -0.3 is 9.47 Å². The predicted octanol–water partition coefficient (Wildman–Crippen LogP) is 4.24. The van der Waals surface area contributed by atoms with Crippen LogP contribution in [0.4, 0.5) is 0 Å². The maximum absolute atomic E-state index is 6.09. The summed E-state index contributed by atoms with van der Waals surface area (Å²) in [5, 5.41) is 0.527. The van der Waals surface area contributed by atoms with Gasteiger partial charge in [0.15, 0.2) is 10.3 Å². The highest BCUT2D eigenvalue weighted by Crippen LogP contribution is 2.39. The number of ether oxygens (including phenoxy) is 2. The van der Waals surface area contributed by atoms with Crippen molar-refractivity contribution >= 4 is 34.8 Å². The molecule has 1 aromatic carbocycles. The molecule has 94 valence electrons.